The maximum atomic E-state index is 12.9. The van der Waals surface area contributed by atoms with Crippen LogP contribution < -0.4 is 10.1 Å². The molecule has 1 aliphatic rings. The SMILES string of the molecule is COc1ccccc1CNC(=O)c1cn(C)nc1CC1CCN(C(=O)c2ccccc2)CC1. The zero-order valence-electron chi connectivity index (χ0n) is 19.2. The van der Waals surface area contributed by atoms with Gasteiger partial charge in [0.1, 0.15) is 5.75 Å². The minimum atomic E-state index is -0.138. The summed E-state index contributed by atoms with van der Waals surface area (Å²) in [6, 6.07) is 17.1. The lowest BCUT2D eigenvalue weighted by molar-refractivity contribution is 0.0690. The van der Waals surface area contributed by atoms with Gasteiger partial charge in [-0.05, 0) is 43.4 Å². The minimum Gasteiger partial charge on any atom is -0.496 e. The van der Waals surface area contributed by atoms with E-state index in [9.17, 15) is 9.59 Å². The quantitative estimate of drug-likeness (QED) is 0.603. The molecule has 1 fully saturated rings. The maximum absolute atomic E-state index is 12.9. The molecule has 7 nitrogen and oxygen atoms in total. The summed E-state index contributed by atoms with van der Waals surface area (Å²) in [6.07, 6.45) is 4.31. The lowest BCUT2D eigenvalue weighted by Gasteiger charge is -2.32. The van der Waals surface area contributed by atoms with Crippen LogP contribution in [0.4, 0.5) is 0 Å². The number of carbonyl (C=O) groups excluding carboxylic acids is 2. The second-order valence-corrected chi connectivity index (χ2v) is 8.46. The molecule has 0 saturated carbocycles. The van der Waals surface area contributed by atoms with E-state index in [1.807, 2.05) is 66.5 Å². The number of rotatable bonds is 7. The first kappa shape index (κ1) is 22.6. The predicted molar refractivity (Wildman–Crippen MR) is 126 cm³/mol. The number of carbonyl (C=O) groups is 2. The maximum Gasteiger partial charge on any atom is 0.255 e. The van der Waals surface area contributed by atoms with Crippen molar-refractivity contribution in [1.29, 1.82) is 0 Å². The van der Waals surface area contributed by atoms with E-state index in [0.717, 1.165) is 54.9 Å². The van der Waals surface area contributed by atoms with Crippen LogP contribution in [-0.4, -0.2) is 46.7 Å². The Morgan fingerprint density at radius 1 is 1.06 bits per heavy atom. The number of methoxy groups -OCH3 is 1. The largest absolute Gasteiger partial charge is 0.496 e. The first-order valence-corrected chi connectivity index (χ1v) is 11.3. The Kier molecular flexibility index (Phi) is 7.07. The molecule has 0 atom stereocenters. The number of likely N-dealkylation sites (tertiary alicyclic amines) is 1. The van der Waals surface area contributed by atoms with Crippen molar-refractivity contribution in [3.8, 4) is 5.75 Å². The van der Waals surface area contributed by atoms with Gasteiger partial charge in [0.2, 0.25) is 0 Å². The van der Waals surface area contributed by atoms with E-state index in [1.54, 1.807) is 18.0 Å². The number of nitrogens with zero attached hydrogens (tertiary/aromatic N) is 3. The van der Waals surface area contributed by atoms with E-state index in [-0.39, 0.29) is 11.8 Å². The van der Waals surface area contributed by atoms with Crippen molar-refractivity contribution < 1.29 is 14.3 Å². The lowest BCUT2D eigenvalue weighted by atomic mass is 9.91. The zero-order chi connectivity index (χ0) is 23.2. The Balaban J connectivity index is 1.35. The van der Waals surface area contributed by atoms with Crippen LogP contribution in [0.1, 0.15) is 44.8 Å². The Morgan fingerprint density at radius 2 is 1.76 bits per heavy atom. The van der Waals surface area contributed by atoms with Gasteiger partial charge in [-0.1, -0.05) is 36.4 Å². The second-order valence-electron chi connectivity index (χ2n) is 8.46. The van der Waals surface area contributed by atoms with E-state index in [4.69, 9.17) is 4.74 Å². The van der Waals surface area contributed by atoms with Gasteiger partial charge in [0, 0.05) is 44.0 Å². The van der Waals surface area contributed by atoms with Crippen molar-refractivity contribution in [1.82, 2.24) is 20.0 Å². The molecule has 0 aliphatic carbocycles. The molecule has 3 aromatic rings. The number of para-hydroxylation sites is 1. The van der Waals surface area contributed by atoms with Crippen LogP contribution in [0.15, 0.2) is 60.8 Å². The first-order valence-electron chi connectivity index (χ1n) is 11.3. The van der Waals surface area contributed by atoms with Crippen LogP contribution in [0.3, 0.4) is 0 Å². The van der Waals surface area contributed by atoms with Crippen molar-refractivity contribution >= 4 is 11.8 Å². The van der Waals surface area contributed by atoms with Crippen LogP contribution in [0.5, 0.6) is 5.75 Å². The number of piperidine rings is 1. The van der Waals surface area contributed by atoms with Gasteiger partial charge in [0.25, 0.3) is 11.8 Å². The molecule has 2 heterocycles. The van der Waals surface area contributed by atoms with Gasteiger partial charge in [-0.15, -0.1) is 0 Å². The number of aromatic nitrogens is 2. The highest BCUT2D eigenvalue weighted by atomic mass is 16.5. The number of hydrogen-bond acceptors (Lipinski definition) is 4. The molecule has 0 radical (unpaired) electrons. The van der Waals surface area contributed by atoms with Crippen LogP contribution in [0.2, 0.25) is 0 Å². The molecule has 1 aromatic heterocycles. The number of aryl methyl sites for hydroxylation is 1. The summed E-state index contributed by atoms with van der Waals surface area (Å²) in [5.41, 5.74) is 3.07. The molecule has 2 aromatic carbocycles. The summed E-state index contributed by atoms with van der Waals surface area (Å²) in [5.74, 6) is 1.09. The van der Waals surface area contributed by atoms with E-state index >= 15 is 0 Å². The van der Waals surface area contributed by atoms with E-state index in [2.05, 4.69) is 10.4 Å². The molecule has 33 heavy (non-hydrogen) atoms. The van der Waals surface area contributed by atoms with E-state index < -0.39 is 0 Å². The molecule has 4 rings (SSSR count). The van der Waals surface area contributed by atoms with Crippen molar-refractivity contribution in [3.63, 3.8) is 0 Å². The Labute approximate surface area is 194 Å². The molecule has 0 bridgehead atoms. The molecule has 1 saturated heterocycles. The van der Waals surface area contributed by atoms with Crippen molar-refractivity contribution in [2.45, 2.75) is 25.8 Å². The average molecular weight is 447 g/mol. The first-order chi connectivity index (χ1) is 16.0. The number of hydrogen-bond donors (Lipinski definition) is 1. The highest BCUT2D eigenvalue weighted by Crippen LogP contribution is 2.24. The van der Waals surface area contributed by atoms with Gasteiger partial charge < -0.3 is 15.0 Å². The third-order valence-corrected chi connectivity index (χ3v) is 6.19. The fraction of sp³-hybridized carbons (Fsp3) is 0.346. The monoisotopic (exact) mass is 446 g/mol. The molecule has 7 heteroatoms. The van der Waals surface area contributed by atoms with Crippen molar-refractivity contribution in [3.05, 3.63) is 83.2 Å². The van der Waals surface area contributed by atoms with Gasteiger partial charge in [0.15, 0.2) is 0 Å². The normalized spacial score (nSPS) is 14.2. The molecule has 1 aliphatic heterocycles. The number of ether oxygens (including phenoxy) is 1. The highest BCUT2D eigenvalue weighted by Gasteiger charge is 2.26. The molecule has 172 valence electrons. The number of nitrogens with one attached hydrogen (secondary N) is 1. The highest BCUT2D eigenvalue weighted by molar-refractivity contribution is 5.95. The van der Waals surface area contributed by atoms with E-state index in [0.29, 0.717) is 18.0 Å². The van der Waals surface area contributed by atoms with E-state index in [1.165, 1.54) is 0 Å². The predicted octanol–water partition coefficient (Wildman–Crippen LogP) is 3.45. The second kappa shape index (κ2) is 10.3. The number of amides is 2. The standard InChI is InChI=1S/C26H30N4O3/c1-29-18-22(25(31)27-17-21-10-6-7-11-24(21)33-2)23(28-29)16-19-12-14-30(15-13-19)26(32)20-8-4-3-5-9-20/h3-11,18-19H,12-17H2,1-2H3,(H,27,31). The van der Waals surface area contributed by atoms with Gasteiger partial charge in [-0.3, -0.25) is 14.3 Å². The lowest BCUT2D eigenvalue weighted by Crippen LogP contribution is -2.39. The number of benzene rings is 2. The average Bonchev–Trinajstić information content (AvgIpc) is 3.23. The van der Waals surface area contributed by atoms with Gasteiger partial charge in [0.05, 0.1) is 18.4 Å². The summed E-state index contributed by atoms with van der Waals surface area (Å²) in [4.78, 5) is 27.5. The van der Waals surface area contributed by atoms with Crippen LogP contribution in [-0.2, 0) is 20.0 Å². The summed E-state index contributed by atoms with van der Waals surface area (Å²) < 4.78 is 7.07. The summed E-state index contributed by atoms with van der Waals surface area (Å²) in [7, 11) is 3.46. The minimum absolute atomic E-state index is 0.0864. The van der Waals surface area contributed by atoms with Crippen LogP contribution in [0, 0.1) is 5.92 Å². The molecule has 1 N–H and O–H groups in total. The Morgan fingerprint density at radius 3 is 2.48 bits per heavy atom. The molecule has 0 unspecified atom stereocenters. The third-order valence-electron chi connectivity index (χ3n) is 6.19. The van der Waals surface area contributed by atoms with Crippen molar-refractivity contribution in [2.75, 3.05) is 20.2 Å². The zero-order valence-corrected chi connectivity index (χ0v) is 19.2. The Bertz CT molecular complexity index is 1100. The molecular weight excluding hydrogens is 416 g/mol. The summed E-state index contributed by atoms with van der Waals surface area (Å²) in [6.45, 7) is 1.83. The van der Waals surface area contributed by atoms with Crippen LogP contribution in [0.25, 0.3) is 0 Å². The van der Waals surface area contributed by atoms with Gasteiger partial charge in [-0.2, -0.15) is 5.10 Å². The Hall–Kier alpha value is -3.61. The fourth-order valence-corrected chi connectivity index (χ4v) is 4.37. The fourth-order valence-electron chi connectivity index (χ4n) is 4.37. The summed E-state index contributed by atoms with van der Waals surface area (Å²) in [5, 5.41) is 7.56. The molecule has 2 amide bonds. The third kappa shape index (κ3) is 5.42. The van der Waals surface area contributed by atoms with Gasteiger partial charge >= 0.3 is 0 Å². The van der Waals surface area contributed by atoms with Gasteiger partial charge in [-0.25, -0.2) is 0 Å². The topological polar surface area (TPSA) is 76.5 Å². The van der Waals surface area contributed by atoms with Crippen LogP contribution >= 0.6 is 0 Å². The summed E-state index contributed by atoms with van der Waals surface area (Å²) >= 11 is 0. The van der Waals surface area contributed by atoms with Crippen molar-refractivity contribution in [2.24, 2.45) is 13.0 Å². The molecule has 0 spiro atoms. The smallest absolute Gasteiger partial charge is 0.255 e. The molecular formula is C26H30N4O3.